The van der Waals surface area contributed by atoms with Gasteiger partial charge in [-0.25, -0.2) is 9.97 Å². The predicted octanol–water partition coefficient (Wildman–Crippen LogP) is 3.92. The van der Waals surface area contributed by atoms with Crippen molar-refractivity contribution in [1.82, 2.24) is 9.97 Å². The van der Waals surface area contributed by atoms with Crippen molar-refractivity contribution in [2.24, 2.45) is 0 Å². The highest BCUT2D eigenvalue weighted by Gasteiger charge is 2.01. The molecule has 6 nitrogen and oxygen atoms in total. The van der Waals surface area contributed by atoms with Gasteiger partial charge in [-0.3, -0.25) is 4.79 Å². The zero-order chi connectivity index (χ0) is 16.8. The molecule has 0 saturated heterocycles. The summed E-state index contributed by atoms with van der Waals surface area (Å²) in [7, 11) is 0. The van der Waals surface area contributed by atoms with Gasteiger partial charge in [0.15, 0.2) is 0 Å². The lowest BCUT2D eigenvalue weighted by Crippen LogP contribution is -2.05. The van der Waals surface area contributed by atoms with Crippen molar-refractivity contribution in [2.75, 3.05) is 16.0 Å². The predicted molar refractivity (Wildman–Crippen MR) is 95.8 cm³/mol. The number of benzene rings is 2. The van der Waals surface area contributed by atoms with Crippen LogP contribution in [0, 0.1) is 0 Å². The molecule has 0 bridgehead atoms. The molecule has 0 radical (unpaired) electrons. The first-order valence-corrected chi connectivity index (χ1v) is 7.48. The van der Waals surface area contributed by atoms with Gasteiger partial charge < -0.3 is 16.0 Å². The van der Waals surface area contributed by atoms with E-state index in [1.165, 1.54) is 13.3 Å². The Morgan fingerprint density at radius 2 is 1.33 bits per heavy atom. The first-order chi connectivity index (χ1) is 11.7. The number of nitrogens with zero attached hydrogens (tertiary/aromatic N) is 2. The molecule has 3 N–H and O–H groups in total. The molecule has 0 saturated carbocycles. The van der Waals surface area contributed by atoms with Gasteiger partial charge in [0.25, 0.3) is 0 Å². The quantitative estimate of drug-likeness (QED) is 0.664. The van der Waals surface area contributed by atoms with E-state index in [9.17, 15) is 4.79 Å². The van der Waals surface area contributed by atoms with Crippen molar-refractivity contribution >= 4 is 34.6 Å². The Hall–Kier alpha value is -3.41. The van der Waals surface area contributed by atoms with Crippen LogP contribution in [0.4, 0.5) is 28.7 Å². The average molecular weight is 319 g/mol. The van der Waals surface area contributed by atoms with E-state index in [0.717, 1.165) is 17.1 Å². The first kappa shape index (κ1) is 15.5. The molecule has 1 aromatic heterocycles. The van der Waals surface area contributed by atoms with Crippen molar-refractivity contribution < 1.29 is 4.79 Å². The molecule has 3 aromatic rings. The third kappa shape index (κ3) is 4.30. The molecule has 0 aliphatic heterocycles. The second-order valence-corrected chi connectivity index (χ2v) is 5.16. The number of hydrogen-bond acceptors (Lipinski definition) is 5. The van der Waals surface area contributed by atoms with Gasteiger partial charge >= 0.3 is 0 Å². The van der Waals surface area contributed by atoms with Crippen molar-refractivity contribution in [3.05, 3.63) is 67.0 Å². The average Bonchev–Trinajstić information content (AvgIpc) is 2.57. The van der Waals surface area contributed by atoms with Crippen LogP contribution in [0.3, 0.4) is 0 Å². The maximum atomic E-state index is 11.0. The maximum absolute atomic E-state index is 11.0. The molecule has 0 atom stereocenters. The Kier molecular flexibility index (Phi) is 4.67. The number of aromatic nitrogens is 2. The van der Waals surface area contributed by atoms with Gasteiger partial charge in [0.2, 0.25) is 5.91 Å². The molecule has 0 aliphatic carbocycles. The minimum absolute atomic E-state index is 0.0943. The van der Waals surface area contributed by atoms with Crippen LogP contribution in [-0.4, -0.2) is 15.9 Å². The Balaban J connectivity index is 1.69. The van der Waals surface area contributed by atoms with Crippen LogP contribution < -0.4 is 16.0 Å². The molecule has 0 spiro atoms. The fourth-order valence-corrected chi connectivity index (χ4v) is 2.15. The van der Waals surface area contributed by atoms with Gasteiger partial charge in [0.05, 0.1) is 0 Å². The molecule has 24 heavy (non-hydrogen) atoms. The van der Waals surface area contributed by atoms with E-state index in [1.54, 1.807) is 0 Å². The van der Waals surface area contributed by atoms with Gasteiger partial charge in [0.1, 0.15) is 18.0 Å². The molecular formula is C18H17N5O. The number of para-hydroxylation sites is 1. The van der Waals surface area contributed by atoms with Gasteiger partial charge in [-0.05, 0) is 36.4 Å². The van der Waals surface area contributed by atoms with E-state index in [1.807, 2.05) is 60.7 Å². The summed E-state index contributed by atoms with van der Waals surface area (Å²) in [5.74, 6) is 1.28. The van der Waals surface area contributed by atoms with Crippen molar-refractivity contribution in [3.8, 4) is 0 Å². The second kappa shape index (κ2) is 7.23. The van der Waals surface area contributed by atoms with Crippen molar-refractivity contribution in [3.63, 3.8) is 0 Å². The highest BCUT2D eigenvalue weighted by molar-refractivity contribution is 5.88. The highest BCUT2D eigenvalue weighted by atomic mass is 16.1. The molecule has 0 fully saturated rings. The monoisotopic (exact) mass is 319 g/mol. The van der Waals surface area contributed by atoms with E-state index in [0.29, 0.717) is 11.6 Å². The molecular weight excluding hydrogens is 302 g/mol. The lowest BCUT2D eigenvalue weighted by atomic mass is 10.2. The SMILES string of the molecule is CC(=O)Nc1ccc(Nc2cc(Nc3ccccc3)ncn2)cc1. The van der Waals surface area contributed by atoms with E-state index < -0.39 is 0 Å². The Bertz CT molecular complexity index is 818. The van der Waals surface area contributed by atoms with Crippen LogP contribution >= 0.6 is 0 Å². The molecule has 0 unspecified atom stereocenters. The van der Waals surface area contributed by atoms with Crippen LogP contribution in [0.25, 0.3) is 0 Å². The summed E-state index contributed by atoms with van der Waals surface area (Å²) in [6, 6.07) is 19.0. The number of carbonyl (C=O) groups excluding carboxylic acids is 1. The fraction of sp³-hybridized carbons (Fsp3) is 0.0556. The van der Waals surface area contributed by atoms with Gasteiger partial charge in [0, 0.05) is 30.1 Å². The minimum Gasteiger partial charge on any atom is -0.340 e. The number of carbonyl (C=O) groups is 1. The third-order valence-electron chi connectivity index (χ3n) is 3.19. The maximum Gasteiger partial charge on any atom is 0.221 e. The van der Waals surface area contributed by atoms with Crippen LogP contribution in [0.5, 0.6) is 0 Å². The Morgan fingerprint density at radius 1 is 0.792 bits per heavy atom. The molecule has 6 heteroatoms. The summed E-state index contributed by atoms with van der Waals surface area (Å²) in [5, 5.41) is 9.16. The lowest BCUT2D eigenvalue weighted by molar-refractivity contribution is -0.114. The van der Waals surface area contributed by atoms with Crippen LogP contribution in [0.15, 0.2) is 67.0 Å². The molecule has 2 aromatic carbocycles. The topological polar surface area (TPSA) is 78.9 Å². The summed E-state index contributed by atoms with van der Waals surface area (Å²) in [5.41, 5.74) is 2.58. The van der Waals surface area contributed by atoms with E-state index in [4.69, 9.17) is 0 Å². The van der Waals surface area contributed by atoms with E-state index in [2.05, 4.69) is 25.9 Å². The number of anilines is 5. The van der Waals surface area contributed by atoms with Crippen LogP contribution in [0.2, 0.25) is 0 Å². The summed E-state index contributed by atoms with van der Waals surface area (Å²) >= 11 is 0. The smallest absolute Gasteiger partial charge is 0.221 e. The largest absolute Gasteiger partial charge is 0.340 e. The standard InChI is InChI=1S/C18H17N5O/c1-13(24)21-15-7-9-16(10-8-15)23-18-11-17(19-12-20-18)22-14-5-3-2-4-6-14/h2-12H,1H3,(H,21,24)(H2,19,20,22,23). The van der Waals surface area contributed by atoms with Gasteiger partial charge in [-0.2, -0.15) is 0 Å². The molecule has 1 heterocycles. The lowest BCUT2D eigenvalue weighted by Gasteiger charge is -2.09. The zero-order valence-corrected chi connectivity index (χ0v) is 13.2. The Labute approximate surface area is 140 Å². The summed E-state index contributed by atoms with van der Waals surface area (Å²) in [4.78, 5) is 19.5. The highest BCUT2D eigenvalue weighted by Crippen LogP contribution is 2.20. The fourth-order valence-electron chi connectivity index (χ4n) is 2.15. The third-order valence-corrected chi connectivity index (χ3v) is 3.19. The van der Waals surface area contributed by atoms with E-state index >= 15 is 0 Å². The second-order valence-electron chi connectivity index (χ2n) is 5.16. The molecule has 1 amide bonds. The number of nitrogens with one attached hydrogen (secondary N) is 3. The molecule has 3 rings (SSSR count). The molecule has 120 valence electrons. The van der Waals surface area contributed by atoms with E-state index in [-0.39, 0.29) is 5.91 Å². The van der Waals surface area contributed by atoms with Crippen molar-refractivity contribution in [1.29, 1.82) is 0 Å². The van der Waals surface area contributed by atoms with Crippen LogP contribution in [-0.2, 0) is 4.79 Å². The summed E-state index contributed by atoms with van der Waals surface area (Å²) < 4.78 is 0. The zero-order valence-electron chi connectivity index (χ0n) is 13.2. The van der Waals surface area contributed by atoms with Crippen molar-refractivity contribution in [2.45, 2.75) is 6.92 Å². The molecule has 0 aliphatic rings. The minimum atomic E-state index is -0.0943. The summed E-state index contributed by atoms with van der Waals surface area (Å²) in [6.45, 7) is 1.48. The van der Waals surface area contributed by atoms with Crippen LogP contribution in [0.1, 0.15) is 6.92 Å². The van der Waals surface area contributed by atoms with Gasteiger partial charge in [-0.15, -0.1) is 0 Å². The number of hydrogen-bond donors (Lipinski definition) is 3. The normalized spacial score (nSPS) is 10.0. The first-order valence-electron chi connectivity index (χ1n) is 7.48. The summed E-state index contributed by atoms with van der Waals surface area (Å²) in [6.07, 6.45) is 1.50. The Morgan fingerprint density at radius 3 is 1.92 bits per heavy atom. The number of amides is 1. The van der Waals surface area contributed by atoms with Gasteiger partial charge in [-0.1, -0.05) is 18.2 Å². The number of rotatable bonds is 5.